The molecule has 1 amide bonds. The minimum Gasteiger partial charge on any atom is -0.550 e. The van der Waals surface area contributed by atoms with Gasteiger partial charge in [-0.05, 0) is 19.3 Å². The second-order valence-corrected chi connectivity index (χ2v) is 8.07. The van der Waals surface area contributed by atoms with Crippen LogP contribution in [0.1, 0.15) is 122 Å². The fourth-order valence-electron chi connectivity index (χ4n) is 3.44. The van der Waals surface area contributed by atoms with Gasteiger partial charge in [0.05, 0.1) is 0 Å². The molecule has 170 valence electrons. The number of aliphatic carboxylic acids is 2. The Morgan fingerprint density at radius 1 is 0.733 bits per heavy atom. The van der Waals surface area contributed by atoms with E-state index in [9.17, 15) is 19.5 Å². The van der Waals surface area contributed by atoms with E-state index in [0.717, 1.165) is 19.3 Å². The van der Waals surface area contributed by atoms with Gasteiger partial charge in [0.1, 0.15) is 6.04 Å². The molecule has 7 heteroatoms. The fraction of sp³-hybridized carbons (Fsp3) is 0.870. The third-order valence-electron chi connectivity index (χ3n) is 5.28. The summed E-state index contributed by atoms with van der Waals surface area (Å²) >= 11 is 0. The molecule has 0 aliphatic carbocycles. The molecule has 0 heterocycles. The van der Waals surface area contributed by atoms with E-state index < -0.39 is 18.0 Å². The summed E-state index contributed by atoms with van der Waals surface area (Å²) in [5, 5.41) is 21.8. The van der Waals surface area contributed by atoms with Gasteiger partial charge in [0, 0.05) is 12.4 Å². The number of carboxylic acid groups (broad SMARTS) is 2. The third kappa shape index (κ3) is 22.1. The molecule has 0 aromatic carbocycles. The second-order valence-electron chi connectivity index (χ2n) is 8.07. The summed E-state index contributed by atoms with van der Waals surface area (Å²) in [6.07, 6.45) is 18.5. The van der Waals surface area contributed by atoms with Crippen LogP contribution in [-0.2, 0) is 14.4 Å². The van der Waals surface area contributed by atoms with Crippen LogP contribution in [0.25, 0.3) is 0 Å². The van der Waals surface area contributed by atoms with E-state index in [2.05, 4.69) is 12.2 Å². The van der Waals surface area contributed by atoms with Gasteiger partial charge in [-0.25, -0.2) is 4.79 Å². The molecule has 0 aliphatic heterocycles. The van der Waals surface area contributed by atoms with Crippen LogP contribution < -0.4 is 40.0 Å². The van der Waals surface area contributed by atoms with Crippen molar-refractivity contribution in [3.63, 3.8) is 0 Å². The van der Waals surface area contributed by atoms with Gasteiger partial charge in [0.25, 0.3) is 0 Å². The molecule has 0 unspecified atom stereocenters. The minimum atomic E-state index is -1.31. The van der Waals surface area contributed by atoms with Crippen molar-refractivity contribution in [3.05, 3.63) is 0 Å². The summed E-state index contributed by atoms with van der Waals surface area (Å²) in [4.78, 5) is 33.3. The normalized spacial score (nSPS) is 11.5. The van der Waals surface area contributed by atoms with E-state index in [-0.39, 0.29) is 54.7 Å². The van der Waals surface area contributed by atoms with Crippen LogP contribution in [-0.4, -0.2) is 29.0 Å². The second kappa shape index (κ2) is 23.1. The number of rotatable bonds is 21. The number of carbonyl (C=O) groups excluding carboxylic acids is 2. The quantitative estimate of drug-likeness (QED) is 0.209. The number of amides is 1. The molecule has 0 aromatic heterocycles. The zero-order valence-electron chi connectivity index (χ0n) is 19.4. The molecule has 0 saturated carbocycles. The summed E-state index contributed by atoms with van der Waals surface area (Å²) in [5.41, 5.74) is 0. The summed E-state index contributed by atoms with van der Waals surface area (Å²) in [7, 11) is 0. The van der Waals surface area contributed by atoms with Crippen LogP contribution >= 0.6 is 0 Å². The molecule has 30 heavy (non-hydrogen) atoms. The van der Waals surface area contributed by atoms with Gasteiger partial charge in [-0.3, -0.25) is 4.79 Å². The van der Waals surface area contributed by atoms with Crippen molar-refractivity contribution in [2.75, 3.05) is 0 Å². The van der Waals surface area contributed by atoms with E-state index in [4.69, 9.17) is 5.11 Å². The van der Waals surface area contributed by atoms with Crippen molar-refractivity contribution >= 4 is 17.8 Å². The van der Waals surface area contributed by atoms with E-state index in [1.807, 2.05) is 0 Å². The molecule has 0 fully saturated rings. The Morgan fingerprint density at radius 3 is 1.50 bits per heavy atom. The minimum absolute atomic E-state index is 0. The maximum absolute atomic E-state index is 11.8. The van der Waals surface area contributed by atoms with Crippen LogP contribution in [0.3, 0.4) is 0 Å². The zero-order chi connectivity index (χ0) is 21.7. The Labute approximate surface area is 205 Å². The van der Waals surface area contributed by atoms with E-state index in [1.54, 1.807) is 0 Å². The molecule has 6 nitrogen and oxygen atoms in total. The van der Waals surface area contributed by atoms with Gasteiger partial charge in [-0.15, -0.1) is 0 Å². The standard InChI is InChI=1S/C23H43NO5.Na/c1-2-3-4-5-6-7-8-9-10-11-12-13-14-15-16-17-21(25)24-20(23(28)29)18-19-22(26)27;/h20H,2-19H2,1H3,(H,24,25)(H,26,27)(H,28,29);/q;+1/p-1/t20-;/m0./s1. The number of hydrogen-bond acceptors (Lipinski definition) is 4. The number of hydrogen-bond donors (Lipinski definition) is 2. The van der Waals surface area contributed by atoms with E-state index in [0.29, 0.717) is 0 Å². The number of carboxylic acids is 2. The smallest absolute Gasteiger partial charge is 0.550 e. The van der Waals surface area contributed by atoms with Crippen molar-refractivity contribution in [3.8, 4) is 0 Å². The monoisotopic (exact) mass is 435 g/mol. The summed E-state index contributed by atoms with van der Waals surface area (Å²) in [6, 6.07) is -1.16. The van der Waals surface area contributed by atoms with Crippen LogP contribution in [0.5, 0.6) is 0 Å². The van der Waals surface area contributed by atoms with Crippen molar-refractivity contribution in [2.24, 2.45) is 0 Å². The van der Waals surface area contributed by atoms with Crippen molar-refractivity contribution in [2.45, 2.75) is 129 Å². The Kier molecular flexibility index (Phi) is 24.3. The topological polar surface area (TPSA) is 107 Å². The molecular formula is C23H42NNaO5. The molecule has 1 atom stereocenters. The van der Waals surface area contributed by atoms with Gasteiger partial charge in [0.2, 0.25) is 5.91 Å². The Hall–Kier alpha value is -0.590. The Bertz CT molecular complexity index is 445. The predicted octanol–water partition coefficient (Wildman–Crippen LogP) is 1.35. The first-order chi connectivity index (χ1) is 14.0. The molecule has 0 radical (unpaired) electrons. The largest absolute Gasteiger partial charge is 1.00 e. The maximum atomic E-state index is 11.8. The molecule has 0 saturated heterocycles. The first-order valence-corrected chi connectivity index (χ1v) is 11.7. The average Bonchev–Trinajstić information content (AvgIpc) is 2.67. The van der Waals surface area contributed by atoms with Crippen molar-refractivity contribution in [1.82, 2.24) is 5.32 Å². The summed E-state index contributed by atoms with van der Waals surface area (Å²) in [6.45, 7) is 2.25. The fourth-order valence-corrected chi connectivity index (χ4v) is 3.44. The van der Waals surface area contributed by atoms with Gasteiger partial charge in [0.15, 0.2) is 0 Å². The van der Waals surface area contributed by atoms with Gasteiger partial charge in [-0.2, -0.15) is 0 Å². The van der Waals surface area contributed by atoms with Gasteiger partial charge < -0.3 is 20.3 Å². The van der Waals surface area contributed by atoms with Crippen LogP contribution in [0, 0.1) is 0 Å². The molecule has 0 spiro atoms. The number of unbranched alkanes of at least 4 members (excludes halogenated alkanes) is 14. The molecule has 0 bridgehead atoms. The first kappa shape index (κ1) is 31.6. The molecule has 0 rings (SSSR count). The number of nitrogens with one attached hydrogen (secondary N) is 1. The molecule has 2 N–H and O–H groups in total. The van der Waals surface area contributed by atoms with Crippen molar-refractivity contribution < 1.29 is 54.2 Å². The molecular weight excluding hydrogens is 393 g/mol. The Balaban J connectivity index is 0. The molecule has 0 aromatic rings. The Morgan fingerprint density at radius 2 is 1.13 bits per heavy atom. The molecule has 0 aliphatic rings. The third-order valence-corrected chi connectivity index (χ3v) is 5.28. The van der Waals surface area contributed by atoms with E-state index >= 15 is 0 Å². The van der Waals surface area contributed by atoms with E-state index in [1.165, 1.54) is 77.0 Å². The number of carbonyl (C=O) groups is 3. The average molecular weight is 436 g/mol. The first-order valence-electron chi connectivity index (χ1n) is 11.7. The zero-order valence-corrected chi connectivity index (χ0v) is 21.4. The summed E-state index contributed by atoms with van der Waals surface area (Å²) < 4.78 is 0. The SMILES string of the molecule is CCCCCCCCCCCCCCCCCC(=O)N[C@@H](CCC(=O)[O-])C(=O)O.[Na+]. The van der Waals surface area contributed by atoms with Crippen LogP contribution in [0.2, 0.25) is 0 Å². The van der Waals surface area contributed by atoms with Gasteiger partial charge in [-0.1, -0.05) is 96.8 Å². The van der Waals surface area contributed by atoms with Gasteiger partial charge >= 0.3 is 35.5 Å². The van der Waals surface area contributed by atoms with Crippen LogP contribution in [0.4, 0.5) is 0 Å². The maximum Gasteiger partial charge on any atom is 1.00 e. The predicted molar refractivity (Wildman–Crippen MR) is 113 cm³/mol. The van der Waals surface area contributed by atoms with Crippen LogP contribution in [0.15, 0.2) is 0 Å². The summed E-state index contributed by atoms with van der Waals surface area (Å²) in [5.74, 6) is -2.85. The van der Waals surface area contributed by atoms with Crippen molar-refractivity contribution in [1.29, 1.82) is 0 Å².